The van der Waals surface area contributed by atoms with Crippen molar-refractivity contribution in [3.8, 4) is 11.6 Å². The van der Waals surface area contributed by atoms with E-state index >= 15 is 0 Å². The van der Waals surface area contributed by atoms with E-state index < -0.39 is 4.92 Å². The van der Waals surface area contributed by atoms with Crippen LogP contribution in [-0.4, -0.2) is 19.4 Å². The van der Waals surface area contributed by atoms with Gasteiger partial charge in [0, 0.05) is 10.9 Å². The standard InChI is InChI=1S/C12H9N3O4S/c16-7-8-3-1-2-4-9(8)19-10-11(15(17)18)14-5-6-20-12(14)13-10/h1-6,16H,7H2. The number of benzene rings is 1. The smallest absolute Gasteiger partial charge is 0.393 e. The third-order valence-electron chi connectivity index (χ3n) is 2.73. The molecule has 0 saturated carbocycles. The molecule has 0 saturated heterocycles. The first-order valence-corrected chi connectivity index (χ1v) is 6.55. The van der Waals surface area contributed by atoms with Crippen LogP contribution in [0.1, 0.15) is 5.56 Å². The summed E-state index contributed by atoms with van der Waals surface area (Å²) < 4.78 is 6.87. The van der Waals surface area contributed by atoms with E-state index in [0.717, 1.165) is 0 Å². The van der Waals surface area contributed by atoms with Gasteiger partial charge in [-0.05, 0) is 11.0 Å². The minimum absolute atomic E-state index is 0.0808. The SMILES string of the molecule is O=[N+]([O-])c1c(Oc2ccccc2CO)nc2sccn12. The second kappa shape index (κ2) is 4.91. The van der Waals surface area contributed by atoms with Crippen molar-refractivity contribution < 1.29 is 14.8 Å². The number of hydrogen-bond acceptors (Lipinski definition) is 6. The molecule has 3 aromatic rings. The van der Waals surface area contributed by atoms with Crippen LogP contribution in [0.2, 0.25) is 0 Å². The summed E-state index contributed by atoms with van der Waals surface area (Å²) in [7, 11) is 0. The normalized spacial score (nSPS) is 10.8. The molecule has 0 aliphatic carbocycles. The Morgan fingerprint density at radius 1 is 1.45 bits per heavy atom. The average molecular weight is 291 g/mol. The predicted octanol–water partition coefficient (Wildman–Crippen LogP) is 2.59. The zero-order chi connectivity index (χ0) is 14.1. The van der Waals surface area contributed by atoms with Gasteiger partial charge in [-0.2, -0.15) is 9.38 Å². The van der Waals surface area contributed by atoms with Crippen LogP contribution in [0.25, 0.3) is 4.96 Å². The molecule has 0 aliphatic heterocycles. The Hall–Kier alpha value is -2.45. The Kier molecular flexibility index (Phi) is 3.09. The van der Waals surface area contributed by atoms with Crippen LogP contribution in [0.3, 0.4) is 0 Å². The van der Waals surface area contributed by atoms with E-state index in [4.69, 9.17) is 4.74 Å². The van der Waals surface area contributed by atoms with Gasteiger partial charge in [0.25, 0.3) is 4.96 Å². The van der Waals surface area contributed by atoms with Crippen molar-refractivity contribution in [2.75, 3.05) is 0 Å². The van der Waals surface area contributed by atoms with Gasteiger partial charge in [0.2, 0.25) is 0 Å². The Morgan fingerprint density at radius 3 is 3.00 bits per heavy atom. The van der Waals surface area contributed by atoms with E-state index in [2.05, 4.69) is 4.98 Å². The molecule has 0 aliphatic rings. The molecule has 1 N–H and O–H groups in total. The van der Waals surface area contributed by atoms with Crippen LogP contribution in [0.15, 0.2) is 35.8 Å². The van der Waals surface area contributed by atoms with Crippen molar-refractivity contribution in [3.63, 3.8) is 0 Å². The molecule has 102 valence electrons. The molecule has 0 unspecified atom stereocenters. The lowest BCUT2D eigenvalue weighted by atomic mass is 10.2. The van der Waals surface area contributed by atoms with Crippen molar-refractivity contribution in [2.45, 2.75) is 6.61 Å². The summed E-state index contributed by atoms with van der Waals surface area (Å²) in [6.45, 7) is -0.216. The molecule has 7 nitrogen and oxygen atoms in total. The number of para-hydroxylation sites is 1. The van der Waals surface area contributed by atoms with Crippen LogP contribution in [0.4, 0.5) is 5.82 Å². The fourth-order valence-electron chi connectivity index (χ4n) is 1.83. The Labute approximate surface area is 116 Å². The predicted molar refractivity (Wildman–Crippen MR) is 72.2 cm³/mol. The second-order valence-corrected chi connectivity index (χ2v) is 4.79. The van der Waals surface area contributed by atoms with Crippen LogP contribution >= 0.6 is 11.3 Å². The van der Waals surface area contributed by atoms with E-state index in [1.54, 1.807) is 35.8 Å². The first-order chi connectivity index (χ1) is 9.70. The number of imidazole rings is 1. The average Bonchev–Trinajstić information content (AvgIpc) is 2.99. The zero-order valence-corrected chi connectivity index (χ0v) is 10.9. The van der Waals surface area contributed by atoms with Gasteiger partial charge >= 0.3 is 11.7 Å². The number of ether oxygens (including phenoxy) is 1. The lowest BCUT2D eigenvalue weighted by molar-refractivity contribution is -0.391. The summed E-state index contributed by atoms with van der Waals surface area (Å²) in [6.07, 6.45) is 1.57. The molecule has 0 amide bonds. The van der Waals surface area contributed by atoms with Crippen molar-refractivity contribution in [1.29, 1.82) is 0 Å². The van der Waals surface area contributed by atoms with E-state index in [1.165, 1.54) is 15.7 Å². The molecule has 0 bridgehead atoms. The van der Waals surface area contributed by atoms with E-state index in [1.807, 2.05) is 0 Å². The van der Waals surface area contributed by atoms with Gasteiger partial charge in [-0.25, -0.2) is 0 Å². The Bertz CT molecular complexity index is 780. The lowest BCUT2D eigenvalue weighted by Crippen LogP contribution is -1.97. The van der Waals surface area contributed by atoms with Gasteiger partial charge in [-0.3, -0.25) is 0 Å². The van der Waals surface area contributed by atoms with Gasteiger partial charge in [-0.1, -0.05) is 29.5 Å². The quantitative estimate of drug-likeness (QED) is 0.589. The molecule has 2 aromatic heterocycles. The molecule has 0 fully saturated rings. The van der Waals surface area contributed by atoms with Crippen molar-refractivity contribution in [3.05, 3.63) is 51.5 Å². The minimum atomic E-state index is -0.538. The van der Waals surface area contributed by atoms with Crippen LogP contribution in [-0.2, 0) is 6.61 Å². The molecule has 20 heavy (non-hydrogen) atoms. The number of nitrogens with zero attached hydrogens (tertiary/aromatic N) is 3. The van der Waals surface area contributed by atoms with Crippen LogP contribution < -0.4 is 4.74 Å². The van der Waals surface area contributed by atoms with E-state index in [-0.39, 0.29) is 18.3 Å². The number of aliphatic hydroxyl groups excluding tert-OH is 1. The van der Waals surface area contributed by atoms with E-state index in [9.17, 15) is 15.2 Å². The Balaban J connectivity index is 2.08. The lowest BCUT2D eigenvalue weighted by Gasteiger charge is -2.06. The Morgan fingerprint density at radius 2 is 2.25 bits per heavy atom. The number of aromatic nitrogens is 2. The molecule has 0 radical (unpaired) electrons. The molecular weight excluding hydrogens is 282 g/mol. The van der Waals surface area contributed by atoms with Crippen LogP contribution in [0.5, 0.6) is 11.6 Å². The number of fused-ring (bicyclic) bond motifs is 1. The molecule has 0 spiro atoms. The fourth-order valence-corrected chi connectivity index (χ4v) is 2.53. The van der Waals surface area contributed by atoms with Gasteiger partial charge in [0.15, 0.2) is 0 Å². The molecule has 0 atom stereocenters. The number of nitro groups is 1. The summed E-state index contributed by atoms with van der Waals surface area (Å²) in [4.78, 5) is 15.2. The summed E-state index contributed by atoms with van der Waals surface area (Å²) in [5.74, 6) is 0.0422. The summed E-state index contributed by atoms with van der Waals surface area (Å²) in [5.41, 5.74) is 0.540. The first-order valence-electron chi connectivity index (χ1n) is 5.67. The maximum absolute atomic E-state index is 11.2. The molecule has 1 aromatic carbocycles. The highest BCUT2D eigenvalue weighted by Gasteiger charge is 2.26. The highest BCUT2D eigenvalue weighted by atomic mass is 32.1. The van der Waals surface area contributed by atoms with Gasteiger partial charge in [-0.15, -0.1) is 0 Å². The fraction of sp³-hybridized carbons (Fsp3) is 0.0833. The minimum Gasteiger partial charge on any atom is -0.432 e. The maximum atomic E-state index is 11.2. The molecule has 8 heteroatoms. The highest BCUT2D eigenvalue weighted by Crippen LogP contribution is 2.34. The number of aliphatic hydroxyl groups is 1. The van der Waals surface area contributed by atoms with Crippen molar-refractivity contribution in [1.82, 2.24) is 9.38 Å². The number of hydrogen-bond donors (Lipinski definition) is 1. The van der Waals surface area contributed by atoms with Crippen molar-refractivity contribution >= 4 is 22.1 Å². The molecular formula is C12H9N3O4S. The maximum Gasteiger partial charge on any atom is 0.393 e. The van der Waals surface area contributed by atoms with Crippen molar-refractivity contribution in [2.24, 2.45) is 0 Å². The summed E-state index contributed by atoms with van der Waals surface area (Å²) in [5, 5.41) is 22.1. The first kappa shape index (κ1) is 12.6. The highest BCUT2D eigenvalue weighted by molar-refractivity contribution is 7.15. The van der Waals surface area contributed by atoms with Gasteiger partial charge < -0.3 is 20.0 Å². The monoisotopic (exact) mass is 291 g/mol. The van der Waals surface area contributed by atoms with Gasteiger partial charge in [0.05, 0.1) is 6.61 Å². The van der Waals surface area contributed by atoms with Gasteiger partial charge in [0.1, 0.15) is 11.9 Å². The molecule has 3 rings (SSSR count). The van der Waals surface area contributed by atoms with Crippen LogP contribution in [0, 0.1) is 10.1 Å². The summed E-state index contributed by atoms with van der Waals surface area (Å²) in [6, 6.07) is 6.78. The summed E-state index contributed by atoms with van der Waals surface area (Å²) >= 11 is 1.28. The second-order valence-electron chi connectivity index (χ2n) is 3.92. The van der Waals surface area contributed by atoms with E-state index in [0.29, 0.717) is 16.3 Å². The topological polar surface area (TPSA) is 89.9 Å². The largest absolute Gasteiger partial charge is 0.432 e. The number of thiazole rings is 1. The number of rotatable bonds is 4. The third kappa shape index (κ3) is 2.00. The third-order valence-corrected chi connectivity index (χ3v) is 3.49. The molecule has 2 heterocycles. The zero-order valence-electron chi connectivity index (χ0n) is 10.1.